The number of nitrogens with zero attached hydrogens (tertiary/aromatic N) is 4. The molecule has 9 rings (SSSR count). The van der Waals surface area contributed by atoms with Crippen LogP contribution in [-0.2, 0) is 0 Å². The van der Waals surface area contributed by atoms with Crippen molar-refractivity contribution in [3.8, 4) is 67.5 Å². The summed E-state index contributed by atoms with van der Waals surface area (Å²) in [5.41, 5.74) is 9.81. The molecule has 0 N–H and O–H groups in total. The molecule has 0 aliphatic carbocycles. The topological polar surface area (TPSA) is 51.6 Å². The third-order valence-corrected chi connectivity index (χ3v) is 9.25. The number of fused-ring (bicyclic) bond motifs is 3. The molecule has 2 aromatic heterocycles. The summed E-state index contributed by atoms with van der Waals surface area (Å²) in [7, 11) is 0. The Hall–Kier alpha value is -6.78. The number of benzene rings is 7. The molecule has 0 amide bonds. The van der Waals surface area contributed by atoms with Crippen LogP contribution >= 0.6 is 0 Å². The molecule has 7 aromatic carbocycles. The van der Waals surface area contributed by atoms with Crippen molar-refractivity contribution in [2.24, 2.45) is 0 Å². The molecule has 234 valence electrons. The minimum atomic E-state index is 0.641. The smallest absolute Gasteiger partial charge is 0.164 e. The maximum Gasteiger partial charge on any atom is 0.164 e. The minimum absolute atomic E-state index is 0.641. The van der Waals surface area contributed by atoms with Crippen molar-refractivity contribution in [3.63, 3.8) is 0 Å². The van der Waals surface area contributed by atoms with Crippen molar-refractivity contribution in [1.29, 1.82) is 0 Å². The highest BCUT2D eigenvalue weighted by atomic mass is 15.0. The molecule has 0 saturated carbocycles. The number of pyridine rings is 1. The third-order valence-electron chi connectivity index (χ3n) is 9.25. The number of hydrogen-bond donors (Lipinski definition) is 0. The molecule has 0 fully saturated rings. The van der Waals surface area contributed by atoms with Crippen molar-refractivity contribution in [3.05, 3.63) is 182 Å². The van der Waals surface area contributed by atoms with Crippen LogP contribution in [0.5, 0.6) is 0 Å². The van der Waals surface area contributed by atoms with E-state index < -0.39 is 0 Å². The molecule has 4 nitrogen and oxygen atoms in total. The molecular formula is C46H30N4. The second-order valence-electron chi connectivity index (χ2n) is 12.4. The Bertz CT molecular complexity index is 2600. The van der Waals surface area contributed by atoms with Crippen molar-refractivity contribution >= 4 is 21.5 Å². The van der Waals surface area contributed by atoms with Crippen molar-refractivity contribution in [2.75, 3.05) is 0 Å². The van der Waals surface area contributed by atoms with E-state index in [-0.39, 0.29) is 0 Å². The molecule has 0 aliphatic rings. The molecule has 0 aliphatic heterocycles. The summed E-state index contributed by atoms with van der Waals surface area (Å²) < 4.78 is 0. The van der Waals surface area contributed by atoms with Gasteiger partial charge in [-0.15, -0.1) is 0 Å². The summed E-state index contributed by atoms with van der Waals surface area (Å²) in [5, 5.41) is 4.82. The van der Waals surface area contributed by atoms with Crippen LogP contribution in [0.3, 0.4) is 0 Å². The van der Waals surface area contributed by atoms with E-state index in [0.717, 1.165) is 33.4 Å². The maximum absolute atomic E-state index is 4.96. The summed E-state index contributed by atoms with van der Waals surface area (Å²) in [6.45, 7) is 0. The predicted molar refractivity (Wildman–Crippen MR) is 205 cm³/mol. The summed E-state index contributed by atoms with van der Waals surface area (Å²) in [6, 6.07) is 59.2. The zero-order chi connectivity index (χ0) is 33.3. The van der Waals surface area contributed by atoms with E-state index in [4.69, 9.17) is 15.0 Å². The van der Waals surface area contributed by atoms with E-state index in [2.05, 4.69) is 138 Å². The quantitative estimate of drug-likeness (QED) is 0.170. The summed E-state index contributed by atoms with van der Waals surface area (Å²) in [6.07, 6.45) is 3.79. The SMILES string of the molecule is c1ccc(-c2ccc(-c3nc(-c4ccccc4)nc(-c4ccc(-c5ccc(-c6ccc7c(ccc8ccncc87)c6)cc5)cc4)n3)cc2)cc1. The van der Waals surface area contributed by atoms with Gasteiger partial charge in [0.2, 0.25) is 0 Å². The molecule has 0 unspecified atom stereocenters. The second kappa shape index (κ2) is 12.7. The Kier molecular flexibility index (Phi) is 7.45. The summed E-state index contributed by atoms with van der Waals surface area (Å²) >= 11 is 0. The van der Waals surface area contributed by atoms with Gasteiger partial charge in [0.25, 0.3) is 0 Å². The van der Waals surface area contributed by atoms with Gasteiger partial charge in [0.1, 0.15) is 0 Å². The Morgan fingerprint density at radius 2 is 0.680 bits per heavy atom. The Morgan fingerprint density at radius 1 is 0.280 bits per heavy atom. The Balaban J connectivity index is 1.01. The molecule has 2 heterocycles. The monoisotopic (exact) mass is 638 g/mol. The van der Waals surface area contributed by atoms with Gasteiger partial charge in [0.15, 0.2) is 17.5 Å². The first-order valence-electron chi connectivity index (χ1n) is 16.7. The fraction of sp³-hybridized carbons (Fsp3) is 0. The number of aromatic nitrogens is 4. The minimum Gasteiger partial charge on any atom is -0.264 e. The van der Waals surface area contributed by atoms with Crippen LogP contribution < -0.4 is 0 Å². The Morgan fingerprint density at radius 3 is 1.22 bits per heavy atom. The average molecular weight is 639 g/mol. The molecule has 50 heavy (non-hydrogen) atoms. The van der Waals surface area contributed by atoms with E-state index in [0.29, 0.717) is 17.5 Å². The molecule has 4 heteroatoms. The normalized spacial score (nSPS) is 11.2. The van der Waals surface area contributed by atoms with Crippen LogP contribution in [0, 0.1) is 0 Å². The van der Waals surface area contributed by atoms with Gasteiger partial charge in [-0.1, -0.05) is 158 Å². The van der Waals surface area contributed by atoms with Crippen LogP contribution in [0.4, 0.5) is 0 Å². The lowest BCUT2D eigenvalue weighted by atomic mass is 9.96. The fourth-order valence-corrected chi connectivity index (χ4v) is 6.54. The van der Waals surface area contributed by atoms with Gasteiger partial charge in [-0.3, -0.25) is 4.98 Å². The predicted octanol–water partition coefficient (Wildman–Crippen LogP) is 11.6. The molecule has 0 spiro atoms. The van der Waals surface area contributed by atoms with E-state index in [9.17, 15) is 0 Å². The van der Waals surface area contributed by atoms with Gasteiger partial charge >= 0.3 is 0 Å². The number of rotatable bonds is 6. The largest absolute Gasteiger partial charge is 0.264 e. The van der Waals surface area contributed by atoms with Crippen molar-refractivity contribution < 1.29 is 0 Å². The zero-order valence-corrected chi connectivity index (χ0v) is 27.1. The van der Waals surface area contributed by atoms with Crippen LogP contribution in [0.15, 0.2) is 182 Å². The van der Waals surface area contributed by atoms with Crippen LogP contribution in [0.2, 0.25) is 0 Å². The van der Waals surface area contributed by atoms with Gasteiger partial charge in [-0.05, 0) is 61.7 Å². The first-order valence-corrected chi connectivity index (χ1v) is 16.7. The molecule has 0 saturated heterocycles. The molecular weight excluding hydrogens is 609 g/mol. The third kappa shape index (κ3) is 5.69. The van der Waals surface area contributed by atoms with Crippen molar-refractivity contribution in [1.82, 2.24) is 19.9 Å². The average Bonchev–Trinajstić information content (AvgIpc) is 3.21. The van der Waals surface area contributed by atoms with Gasteiger partial charge < -0.3 is 0 Å². The lowest BCUT2D eigenvalue weighted by Crippen LogP contribution is -2.00. The Labute approximate surface area is 290 Å². The van der Waals surface area contributed by atoms with Gasteiger partial charge in [0, 0.05) is 34.5 Å². The summed E-state index contributed by atoms with van der Waals surface area (Å²) in [4.78, 5) is 19.1. The maximum atomic E-state index is 4.96. The van der Waals surface area contributed by atoms with Gasteiger partial charge in [-0.25, -0.2) is 15.0 Å². The summed E-state index contributed by atoms with van der Waals surface area (Å²) in [5.74, 6) is 1.94. The first kappa shape index (κ1) is 29.4. The number of hydrogen-bond acceptors (Lipinski definition) is 4. The van der Waals surface area contributed by atoms with Crippen LogP contribution in [0.25, 0.3) is 89.1 Å². The van der Waals surface area contributed by atoms with Gasteiger partial charge in [0.05, 0.1) is 0 Å². The zero-order valence-electron chi connectivity index (χ0n) is 27.1. The van der Waals surface area contributed by atoms with E-state index in [1.807, 2.05) is 48.8 Å². The molecule has 0 bridgehead atoms. The van der Waals surface area contributed by atoms with Crippen molar-refractivity contribution in [2.45, 2.75) is 0 Å². The molecule has 0 atom stereocenters. The fourth-order valence-electron chi connectivity index (χ4n) is 6.54. The van der Waals surface area contributed by atoms with E-state index >= 15 is 0 Å². The lowest BCUT2D eigenvalue weighted by molar-refractivity contribution is 1.07. The highest BCUT2D eigenvalue weighted by molar-refractivity contribution is 6.08. The highest BCUT2D eigenvalue weighted by Crippen LogP contribution is 2.32. The first-order chi connectivity index (χ1) is 24.7. The van der Waals surface area contributed by atoms with Crippen LogP contribution in [-0.4, -0.2) is 19.9 Å². The molecule has 0 radical (unpaired) electrons. The van der Waals surface area contributed by atoms with Crippen LogP contribution in [0.1, 0.15) is 0 Å². The highest BCUT2D eigenvalue weighted by Gasteiger charge is 2.13. The lowest BCUT2D eigenvalue weighted by Gasteiger charge is -2.10. The van der Waals surface area contributed by atoms with E-state index in [1.54, 1.807) is 0 Å². The standard InChI is InChI=1S/C46H30N4/c1-3-7-31(8-4-1)32-15-20-38(21-16-32)45-48-44(37-9-5-2-6-10-37)49-46(50-45)39-22-17-34(18-23-39)33-11-13-35(14-12-33)40-25-26-42-41(29-40)24-19-36-27-28-47-30-43(36)42/h1-30H. The molecule has 9 aromatic rings. The second-order valence-corrected chi connectivity index (χ2v) is 12.4. The van der Waals surface area contributed by atoms with E-state index in [1.165, 1.54) is 38.2 Å². The van der Waals surface area contributed by atoms with Gasteiger partial charge in [-0.2, -0.15) is 0 Å².